The van der Waals surface area contributed by atoms with Gasteiger partial charge < -0.3 is 20.7 Å². The Hall–Kier alpha value is -2.24. The normalized spacial score (nSPS) is 29.0. The van der Waals surface area contributed by atoms with E-state index in [1.807, 2.05) is 19.1 Å². The number of fused-ring (bicyclic) bond motifs is 1. The van der Waals surface area contributed by atoms with E-state index in [2.05, 4.69) is 29.8 Å². The highest BCUT2D eigenvalue weighted by Crippen LogP contribution is 2.32. The van der Waals surface area contributed by atoms with Gasteiger partial charge in [0.1, 0.15) is 11.8 Å². The third-order valence-corrected chi connectivity index (χ3v) is 5.72. The standard InChI is InChI=1S/C20H29N3O3/c1-11-6-5-7-16(12(11)2)22-19(24)13(3)21-15-8-9-18-17(10-15)23-20(25)14(4)26-18/h8-14,16,21H,5-7H2,1-4H3,(H,22,24)(H,23,25)/t11-,12-,13+,14+,16-/m1/s1. The summed E-state index contributed by atoms with van der Waals surface area (Å²) in [5.41, 5.74) is 1.40. The van der Waals surface area contributed by atoms with Crippen LogP contribution in [-0.2, 0) is 9.59 Å². The average molecular weight is 359 g/mol. The Morgan fingerprint density at radius 2 is 2.04 bits per heavy atom. The van der Waals surface area contributed by atoms with E-state index in [4.69, 9.17) is 4.74 Å². The lowest BCUT2D eigenvalue weighted by Gasteiger charge is -2.35. The van der Waals surface area contributed by atoms with Crippen molar-refractivity contribution in [2.45, 2.75) is 65.1 Å². The molecule has 3 rings (SSSR count). The Balaban J connectivity index is 1.61. The Morgan fingerprint density at radius 1 is 1.27 bits per heavy atom. The van der Waals surface area contributed by atoms with Crippen molar-refractivity contribution in [3.05, 3.63) is 18.2 Å². The summed E-state index contributed by atoms with van der Waals surface area (Å²) >= 11 is 0. The summed E-state index contributed by atoms with van der Waals surface area (Å²) in [4.78, 5) is 24.3. The molecule has 1 aromatic carbocycles. The van der Waals surface area contributed by atoms with Crippen LogP contribution in [0.3, 0.4) is 0 Å². The van der Waals surface area contributed by atoms with E-state index >= 15 is 0 Å². The molecule has 26 heavy (non-hydrogen) atoms. The van der Waals surface area contributed by atoms with Gasteiger partial charge in [0, 0.05) is 11.7 Å². The molecule has 1 saturated carbocycles. The second kappa shape index (κ2) is 7.56. The van der Waals surface area contributed by atoms with Crippen LogP contribution in [0.15, 0.2) is 18.2 Å². The lowest BCUT2D eigenvalue weighted by molar-refractivity contribution is -0.123. The molecule has 2 amide bonds. The van der Waals surface area contributed by atoms with Crippen LogP contribution >= 0.6 is 0 Å². The molecule has 1 fully saturated rings. The van der Waals surface area contributed by atoms with Gasteiger partial charge in [-0.3, -0.25) is 9.59 Å². The zero-order valence-electron chi connectivity index (χ0n) is 16.0. The van der Waals surface area contributed by atoms with Crippen molar-refractivity contribution in [1.82, 2.24) is 5.32 Å². The first-order valence-electron chi connectivity index (χ1n) is 9.53. The van der Waals surface area contributed by atoms with E-state index in [-0.39, 0.29) is 23.9 Å². The molecule has 0 bridgehead atoms. The summed E-state index contributed by atoms with van der Waals surface area (Å²) in [6.45, 7) is 8.04. The Kier molecular flexibility index (Phi) is 5.39. The summed E-state index contributed by atoms with van der Waals surface area (Å²) in [6.07, 6.45) is 2.96. The van der Waals surface area contributed by atoms with E-state index in [0.717, 1.165) is 12.1 Å². The van der Waals surface area contributed by atoms with Gasteiger partial charge in [-0.2, -0.15) is 0 Å². The Morgan fingerprint density at radius 3 is 2.81 bits per heavy atom. The molecule has 0 spiro atoms. The van der Waals surface area contributed by atoms with Gasteiger partial charge in [-0.1, -0.05) is 26.7 Å². The van der Waals surface area contributed by atoms with E-state index < -0.39 is 6.10 Å². The third-order valence-electron chi connectivity index (χ3n) is 5.72. The lowest BCUT2D eigenvalue weighted by atomic mass is 9.78. The third kappa shape index (κ3) is 3.94. The van der Waals surface area contributed by atoms with E-state index in [1.165, 1.54) is 12.8 Å². The van der Waals surface area contributed by atoms with Gasteiger partial charge in [-0.25, -0.2) is 0 Å². The van der Waals surface area contributed by atoms with Crippen LogP contribution in [0.4, 0.5) is 11.4 Å². The maximum atomic E-state index is 12.6. The zero-order valence-corrected chi connectivity index (χ0v) is 16.0. The number of amides is 2. The molecule has 0 unspecified atom stereocenters. The zero-order chi connectivity index (χ0) is 18.8. The second-order valence-corrected chi connectivity index (χ2v) is 7.71. The van der Waals surface area contributed by atoms with Crippen LogP contribution in [0.2, 0.25) is 0 Å². The van der Waals surface area contributed by atoms with Crippen LogP contribution in [0, 0.1) is 11.8 Å². The first-order chi connectivity index (χ1) is 12.3. The van der Waals surface area contributed by atoms with Gasteiger partial charge in [0.2, 0.25) is 5.91 Å². The highest BCUT2D eigenvalue weighted by molar-refractivity contribution is 5.98. The van der Waals surface area contributed by atoms with Gasteiger partial charge >= 0.3 is 0 Å². The van der Waals surface area contributed by atoms with Crippen LogP contribution < -0.4 is 20.7 Å². The summed E-state index contributed by atoms with van der Waals surface area (Å²) in [5, 5.41) is 9.24. The van der Waals surface area contributed by atoms with Gasteiger partial charge in [-0.15, -0.1) is 0 Å². The SMILES string of the molecule is C[C@@H]1[C@H](C)CCC[C@H]1NC(=O)[C@H](C)Nc1ccc2c(c1)NC(=O)[C@H](C)O2. The van der Waals surface area contributed by atoms with Gasteiger partial charge in [0.25, 0.3) is 5.91 Å². The van der Waals surface area contributed by atoms with Crippen molar-refractivity contribution < 1.29 is 14.3 Å². The maximum absolute atomic E-state index is 12.6. The van der Waals surface area contributed by atoms with Crippen molar-refractivity contribution in [1.29, 1.82) is 0 Å². The number of hydrogen-bond donors (Lipinski definition) is 3. The van der Waals surface area contributed by atoms with Gasteiger partial charge in [0.05, 0.1) is 5.69 Å². The van der Waals surface area contributed by atoms with Crippen LogP contribution in [0.5, 0.6) is 5.75 Å². The number of benzene rings is 1. The van der Waals surface area contributed by atoms with Gasteiger partial charge in [-0.05, 0) is 50.3 Å². The fourth-order valence-corrected chi connectivity index (χ4v) is 3.71. The number of nitrogens with one attached hydrogen (secondary N) is 3. The average Bonchev–Trinajstić information content (AvgIpc) is 2.60. The molecule has 6 nitrogen and oxygen atoms in total. The fourth-order valence-electron chi connectivity index (χ4n) is 3.71. The Bertz CT molecular complexity index is 691. The first kappa shape index (κ1) is 18.5. The van der Waals surface area contributed by atoms with Crippen molar-refractivity contribution in [2.75, 3.05) is 10.6 Å². The molecular weight excluding hydrogens is 330 g/mol. The van der Waals surface area contributed by atoms with Crippen molar-refractivity contribution in [2.24, 2.45) is 11.8 Å². The number of hydrogen-bond acceptors (Lipinski definition) is 4. The van der Waals surface area contributed by atoms with Gasteiger partial charge in [0.15, 0.2) is 6.10 Å². The molecule has 5 atom stereocenters. The number of anilines is 2. The largest absolute Gasteiger partial charge is 0.479 e. The highest BCUT2D eigenvalue weighted by atomic mass is 16.5. The van der Waals surface area contributed by atoms with Crippen LogP contribution in [0.25, 0.3) is 0 Å². The van der Waals surface area contributed by atoms with Crippen molar-refractivity contribution in [3.63, 3.8) is 0 Å². The van der Waals surface area contributed by atoms with Crippen molar-refractivity contribution >= 4 is 23.2 Å². The molecule has 142 valence electrons. The van der Waals surface area contributed by atoms with Crippen LogP contribution in [0.1, 0.15) is 47.0 Å². The maximum Gasteiger partial charge on any atom is 0.265 e. The van der Waals surface area contributed by atoms with Crippen LogP contribution in [-0.4, -0.2) is 30.0 Å². The molecule has 0 aromatic heterocycles. The number of rotatable bonds is 4. The predicted molar refractivity (Wildman–Crippen MR) is 102 cm³/mol. The molecule has 1 aliphatic carbocycles. The molecule has 2 aliphatic rings. The minimum absolute atomic E-state index is 0.00239. The monoisotopic (exact) mass is 359 g/mol. The molecule has 1 aromatic rings. The minimum Gasteiger partial charge on any atom is -0.479 e. The summed E-state index contributed by atoms with van der Waals surface area (Å²) in [6, 6.07) is 5.35. The van der Waals surface area contributed by atoms with E-state index in [9.17, 15) is 9.59 Å². The minimum atomic E-state index is -0.495. The molecule has 3 N–H and O–H groups in total. The molecular formula is C20H29N3O3. The predicted octanol–water partition coefficient (Wildman–Crippen LogP) is 3.15. The number of carbonyl (C=O) groups excluding carboxylic acids is 2. The molecule has 0 radical (unpaired) electrons. The smallest absolute Gasteiger partial charge is 0.265 e. The van der Waals surface area contributed by atoms with Crippen molar-refractivity contribution in [3.8, 4) is 5.75 Å². The van der Waals surface area contributed by atoms with E-state index in [1.54, 1.807) is 13.0 Å². The summed E-state index contributed by atoms with van der Waals surface area (Å²) in [7, 11) is 0. The number of carbonyl (C=O) groups is 2. The molecule has 1 aliphatic heterocycles. The Labute approximate surface area is 155 Å². The second-order valence-electron chi connectivity index (χ2n) is 7.71. The molecule has 6 heteroatoms. The summed E-state index contributed by atoms with van der Waals surface area (Å²) in [5.74, 6) is 1.62. The van der Waals surface area contributed by atoms with E-state index in [0.29, 0.717) is 23.3 Å². The summed E-state index contributed by atoms with van der Waals surface area (Å²) < 4.78 is 5.55. The highest BCUT2D eigenvalue weighted by Gasteiger charge is 2.29. The first-order valence-corrected chi connectivity index (χ1v) is 9.53. The quantitative estimate of drug-likeness (QED) is 0.772. The molecule has 1 heterocycles. The fraction of sp³-hybridized carbons (Fsp3) is 0.600. The molecule has 0 saturated heterocycles. The topological polar surface area (TPSA) is 79.5 Å². The lowest BCUT2D eigenvalue weighted by Crippen LogP contribution is -2.48. The number of ether oxygens (including phenoxy) is 1.